The van der Waals surface area contributed by atoms with Gasteiger partial charge < -0.3 is 14.7 Å². The third kappa shape index (κ3) is 4.97. The number of halogens is 1. The molecule has 0 aromatic heterocycles. The van der Waals surface area contributed by atoms with Crippen molar-refractivity contribution in [1.29, 1.82) is 0 Å². The molecule has 31 heavy (non-hydrogen) atoms. The minimum Gasteiger partial charge on any atom is -0.481 e. The average molecular weight is 482 g/mol. The number of rotatable bonds is 6. The van der Waals surface area contributed by atoms with Crippen LogP contribution in [-0.2, 0) is 16.1 Å². The van der Waals surface area contributed by atoms with Crippen LogP contribution in [0.1, 0.15) is 28.8 Å². The van der Waals surface area contributed by atoms with Crippen LogP contribution in [0.15, 0.2) is 71.2 Å². The molecular weight excluding hydrogens is 458 g/mol. The number of aliphatic carboxylic acids is 1. The van der Waals surface area contributed by atoms with Gasteiger partial charge in [0.15, 0.2) is 0 Å². The number of carbonyl (C=O) groups is 2. The highest BCUT2D eigenvalue weighted by molar-refractivity contribution is 9.10. The lowest BCUT2D eigenvalue weighted by Gasteiger charge is -2.38. The Morgan fingerprint density at radius 2 is 1.77 bits per heavy atom. The smallest absolute Gasteiger partial charge is 0.303 e. The third-order valence-electron chi connectivity index (χ3n) is 5.81. The summed E-state index contributed by atoms with van der Waals surface area (Å²) in [6.07, 6.45) is 0.374. The molecule has 1 amide bonds. The number of hydrogen-bond donors (Lipinski definition) is 1. The molecule has 1 saturated heterocycles. The van der Waals surface area contributed by atoms with E-state index in [0.29, 0.717) is 31.7 Å². The normalized spacial score (nSPS) is 18.8. The second kappa shape index (κ2) is 9.62. The lowest BCUT2D eigenvalue weighted by molar-refractivity contribution is -0.141. The van der Waals surface area contributed by atoms with Crippen molar-refractivity contribution in [3.05, 3.63) is 82.3 Å². The number of fused-ring (bicyclic) bond motifs is 1. The molecule has 2 unspecified atom stereocenters. The number of benzene rings is 3. The molecular formula is C25H24BrNO4. The maximum Gasteiger partial charge on any atom is 0.303 e. The van der Waals surface area contributed by atoms with E-state index in [2.05, 4.69) is 34.1 Å². The third-order valence-corrected chi connectivity index (χ3v) is 6.74. The van der Waals surface area contributed by atoms with Crippen LogP contribution in [0.25, 0.3) is 10.8 Å². The van der Waals surface area contributed by atoms with Gasteiger partial charge in [-0.2, -0.15) is 0 Å². The summed E-state index contributed by atoms with van der Waals surface area (Å²) in [5.74, 6) is -1.19. The Morgan fingerprint density at radius 1 is 1.03 bits per heavy atom. The number of amides is 1. The van der Waals surface area contributed by atoms with E-state index >= 15 is 0 Å². The number of nitrogens with zero attached hydrogens (tertiary/aromatic N) is 1. The van der Waals surface area contributed by atoms with Crippen LogP contribution in [0, 0.1) is 5.92 Å². The Morgan fingerprint density at radius 3 is 2.55 bits per heavy atom. The summed E-state index contributed by atoms with van der Waals surface area (Å²) in [5.41, 5.74) is 1.65. The van der Waals surface area contributed by atoms with Crippen molar-refractivity contribution in [3.8, 4) is 0 Å². The van der Waals surface area contributed by atoms with Crippen molar-refractivity contribution in [2.45, 2.75) is 25.6 Å². The Labute approximate surface area is 189 Å². The van der Waals surface area contributed by atoms with E-state index in [1.807, 2.05) is 36.4 Å². The number of hydrogen-bond acceptors (Lipinski definition) is 3. The topological polar surface area (TPSA) is 66.8 Å². The van der Waals surface area contributed by atoms with E-state index < -0.39 is 5.97 Å². The predicted octanol–water partition coefficient (Wildman–Crippen LogP) is 5.12. The number of carboxylic acid groups (broad SMARTS) is 1. The van der Waals surface area contributed by atoms with Gasteiger partial charge in [-0.25, -0.2) is 0 Å². The molecule has 3 aromatic rings. The first-order chi connectivity index (χ1) is 15.0. The van der Waals surface area contributed by atoms with Crippen LogP contribution in [0.4, 0.5) is 0 Å². The van der Waals surface area contributed by atoms with Crippen LogP contribution in [-0.4, -0.2) is 41.1 Å². The molecule has 6 heteroatoms. The van der Waals surface area contributed by atoms with Gasteiger partial charge in [-0.05, 0) is 50.8 Å². The summed E-state index contributed by atoms with van der Waals surface area (Å²) in [5, 5.41) is 11.7. The zero-order chi connectivity index (χ0) is 21.8. The van der Waals surface area contributed by atoms with Crippen LogP contribution < -0.4 is 0 Å². The van der Waals surface area contributed by atoms with Crippen LogP contribution >= 0.6 is 15.9 Å². The van der Waals surface area contributed by atoms with Crippen LogP contribution in [0.3, 0.4) is 0 Å². The first kappa shape index (κ1) is 21.5. The highest BCUT2D eigenvalue weighted by Crippen LogP contribution is 2.30. The van der Waals surface area contributed by atoms with Gasteiger partial charge >= 0.3 is 5.97 Å². The van der Waals surface area contributed by atoms with Gasteiger partial charge in [-0.15, -0.1) is 0 Å². The van der Waals surface area contributed by atoms with Crippen LogP contribution in [0.5, 0.6) is 0 Å². The molecule has 0 spiro atoms. The molecule has 0 aliphatic carbocycles. The zero-order valence-corrected chi connectivity index (χ0v) is 18.6. The number of likely N-dealkylation sites (tertiary alicyclic amines) is 1. The van der Waals surface area contributed by atoms with Gasteiger partial charge in [0.1, 0.15) is 0 Å². The molecule has 0 saturated carbocycles. The summed E-state index contributed by atoms with van der Waals surface area (Å²) in [4.78, 5) is 26.0. The molecule has 1 aliphatic heterocycles. The first-order valence-electron chi connectivity index (χ1n) is 10.4. The minimum absolute atomic E-state index is 0.0257. The molecule has 2 atom stereocenters. The molecule has 4 rings (SSSR count). The molecule has 160 valence electrons. The molecule has 1 aliphatic rings. The van der Waals surface area contributed by atoms with Crippen molar-refractivity contribution in [3.63, 3.8) is 0 Å². The van der Waals surface area contributed by atoms with Crippen LogP contribution in [0.2, 0.25) is 0 Å². The lowest BCUT2D eigenvalue weighted by atomic mass is 9.91. The highest BCUT2D eigenvalue weighted by Gasteiger charge is 2.34. The molecule has 1 N–H and O–H groups in total. The van der Waals surface area contributed by atoms with Gasteiger partial charge in [-0.3, -0.25) is 9.59 Å². The second-order valence-corrected chi connectivity index (χ2v) is 8.67. The Balaban J connectivity index is 1.46. The van der Waals surface area contributed by atoms with Gasteiger partial charge in [-0.1, -0.05) is 54.6 Å². The molecule has 0 radical (unpaired) electrons. The summed E-state index contributed by atoms with van der Waals surface area (Å²) in [7, 11) is 0. The second-order valence-electron chi connectivity index (χ2n) is 7.87. The quantitative estimate of drug-likeness (QED) is 0.530. The largest absolute Gasteiger partial charge is 0.481 e. The summed E-state index contributed by atoms with van der Waals surface area (Å²) in [6, 6.07) is 21.3. The van der Waals surface area contributed by atoms with Crippen molar-refractivity contribution in [2.24, 2.45) is 5.92 Å². The predicted molar refractivity (Wildman–Crippen MR) is 123 cm³/mol. The van der Waals surface area contributed by atoms with Gasteiger partial charge in [0.25, 0.3) is 5.91 Å². The summed E-state index contributed by atoms with van der Waals surface area (Å²) in [6.45, 7) is 1.32. The van der Waals surface area contributed by atoms with Crippen molar-refractivity contribution in [2.75, 3.05) is 13.1 Å². The van der Waals surface area contributed by atoms with E-state index in [-0.39, 0.29) is 24.3 Å². The number of carboxylic acids is 1. The van der Waals surface area contributed by atoms with Crippen molar-refractivity contribution < 1.29 is 19.4 Å². The minimum atomic E-state index is -0.875. The molecule has 3 aromatic carbocycles. The average Bonchev–Trinajstić information content (AvgIpc) is 2.79. The monoisotopic (exact) mass is 481 g/mol. The highest BCUT2D eigenvalue weighted by atomic mass is 79.9. The van der Waals surface area contributed by atoms with E-state index in [9.17, 15) is 14.7 Å². The van der Waals surface area contributed by atoms with E-state index in [0.717, 1.165) is 20.8 Å². The Kier molecular flexibility index (Phi) is 6.68. The van der Waals surface area contributed by atoms with Gasteiger partial charge in [0.2, 0.25) is 0 Å². The maximum absolute atomic E-state index is 12.8. The van der Waals surface area contributed by atoms with Crippen molar-refractivity contribution in [1.82, 2.24) is 4.90 Å². The number of ether oxygens (including phenoxy) is 1. The van der Waals surface area contributed by atoms with E-state index in [1.165, 1.54) is 0 Å². The summed E-state index contributed by atoms with van der Waals surface area (Å²) < 4.78 is 7.21. The van der Waals surface area contributed by atoms with Crippen molar-refractivity contribution >= 4 is 38.6 Å². The molecule has 1 heterocycles. The van der Waals surface area contributed by atoms with E-state index in [4.69, 9.17) is 4.74 Å². The fraction of sp³-hybridized carbons (Fsp3) is 0.280. The fourth-order valence-corrected chi connectivity index (χ4v) is 4.79. The molecule has 5 nitrogen and oxygen atoms in total. The maximum atomic E-state index is 12.8. The van der Waals surface area contributed by atoms with E-state index in [1.54, 1.807) is 17.0 Å². The zero-order valence-electron chi connectivity index (χ0n) is 17.0. The van der Waals surface area contributed by atoms with Gasteiger partial charge in [0.05, 0.1) is 19.1 Å². The Bertz CT molecular complexity index is 1090. The number of carbonyl (C=O) groups excluding carboxylic acids is 1. The molecule has 1 fully saturated rings. The Hall–Kier alpha value is -2.70. The SMILES string of the molecule is O=C(O)CC1CN(C(=O)c2ccccc2)CCC1OCc1ccc2ccccc2c1Br. The standard InChI is InChI=1S/C25H24BrNO4/c26-24-19(11-10-17-6-4-5-9-21(17)24)16-31-22-12-13-27(15-20(22)14-23(28)29)25(30)18-7-2-1-3-8-18/h1-11,20,22H,12-16H2,(H,28,29). The van der Waals surface area contributed by atoms with Gasteiger partial charge in [0, 0.05) is 29.0 Å². The first-order valence-corrected chi connectivity index (χ1v) is 11.2. The lowest BCUT2D eigenvalue weighted by Crippen LogP contribution is -2.47. The fourth-order valence-electron chi connectivity index (χ4n) is 4.19. The number of piperidine rings is 1. The summed E-state index contributed by atoms with van der Waals surface area (Å²) >= 11 is 3.69. The molecule has 0 bridgehead atoms.